The van der Waals surface area contributed by atoms with E-state index in [1.54, 1.807) is 11.6 Å². The molecule has 7 heteroatoms. The lowest BCUT2D eigenvalue weighted by Gasteiger charge is -2.31. The molecule has 1 aromatic heterocycles. The van der Waals surface area contributed by atoms with Gasteiger partial charge in [-0.25, -0.2) is 14.0 Å². The van der Waals surface area contributed by atoms with Crippen LogP contribution in [-0.4, -0.2) is 44.8 Å². The Labute approximate surface area is 175 Å². The maximum Gasteiger partial charge on any atom is 0.350 e. The molecule has 1 fully saturated rings. The standard InChI is InChI=1S/C23H27N5O2/c1-17-7-6-8-19(15-17)24-21(29)16-27-13-11-18(12-14-27)22-25-26(2)23(30)28(22)20-9-4-3-5-10-20/h3-10,15,18H,11-14,16H2,1-2H3,(H,24,29). The summed E-state index contributed by atoms with van der Waals surface area (Å²) in [5.41, 5.74) is 2.66. The van der Waals surface area contributed by atoms with Gasteiger partial charge in [0.25, 0.3) is 0 Å². The molecule has 2 aromatic carbocycles. The van der Waals surface area contributed by atoms with E-state index in [1.807, 2.05) is 61.5 Å². The number of nitrogens with zero attached hydrogens (tertiary/aromatic N) is 4. The van der Waals surface area contributed by atoms with Gasteiger partial charge in [-0.3, -0.25) is 9.69 Å². The summed E-state index contributed by atoms with van der Waals surface area (Å²) in [7, 11) is 1.69. The van der Waals surface area contributed by atoms with Gasteiger partial charge >= 0.3 is 5.69 Å². The zero-order chi connectivity index (χ0) is 21.1. The van der Waals surface area contributed by atoms with Crippen LogP contribution in [0.25, 0.3) is 5.69 Å². The third-order valence-corrected chi connectivity index (χ3v) is 5.59. The molecule has 1 amide bonds. The van der Waals surface area contributed by atoms with E-state index >= 15 is 0 Å². The molecule has 7 nitrogen and oxygen atoms in total. The minimum Gasteiger partial charge on any atom is -0.325 e. The fourth-order valence-electron chi connectivity index (χ4n) is 4.04. The second-order valence-corrected chi connectivity index (χ2v) is 7.90. The van der Waals surface area contributed by atoms with Crippen molar-refractivity contribution in [3.8, 4) is 5.69 Å². The highest BCUT2D eigenvalue weighted by Gasteiger charge is 2.27. The Morgan fingerprint density at radius 1 is 1.10 bits per heavy atom. The van der Waals surface area contributed by atoms with E-state index in [2.05, 4.69) is 15.3 Å². The molecular formula is C23H27N5O2. The predicted molar refractivity (Wildman–Crippen MR) is 117 cm³/mol. The van der Waals surface area contributed by atoms with E-state index < -0.39 is 0 Å². The lowest BCUT2D eigenvalue weighted by Crippen LogP contribution is -2.39. The average Bonchev–Trinajstić information content (AvgIpc) is 3.03. The molecule has 4 rings (SSSR count). The van der Waals surface area contributed by atoms with Gasteiger partial charge < -0.3 is 5.32 Å². The molecule has 156 valence electrons. The Kier molecular flexibility index (Phi) is 5.81. The molecule has 0 radical (unpaired) electrons. The van der Waals surface area contributed by atoms with E-state index in [-0.39, 0.29) is 17.5 Å². The van der Waals surface area contributed by atoms with Gasteiger partial charge in [-0.15, -0.1) is 0 Å². The number of hydrogen-bond donors (Lipinski definition) is 1. The zero-order valence-electron chi connectivity index (χ0n) is 17.4. The number of carbonyl (C=O) groups excluding carboxylic acids is 1. The summed E-state index contributed by atoms with van der Waals surface area (Å²) in [4.78, 5) is 27.2. The number of amides is 1. The minimum absolute atomic E-state index is 0.00178. The number of anilines is 1. The lowest BCUT2D eigenvalue weighted by molar-refractivity contribution is -0.117. The van der Waals surface area contributed by atoms with Crippen molar-refractivity contribution in [3.63, 3.8) is 0 Å². The minimum atomic E-state index is -0.129. The smallest absolute Gasteiger partial charge is 0.325 e. The third kappa shape index (κ3) is 4.36. The molecule has 1 aliphatic rings. The second kappa shape index (κ2) is 8.67. The van der Waals surface area contributed by atoms with Gasteiger partial charge in [0.2, 0.25) is 5.91 Å². The zero-order valence-corrected chi connectivity index (χ0v) is 17.4. The number of benzene rings is 2. The first-order valence-electron chi connectivity index (χ1n) is 10.3. The summed E-state index contributed by atoms with van der Waals surface area (Å²) < 4.78 is 3.12. The highest BCUT2D eigenvalue weighted by Crippen LogP contribution is 2.27. The van der Waals surface area contributed by atoms with Gasteiger partial charge in [0.1, 0.15) is 5.82 Å². The number of rotatable bonds is 5. The molecule has 1 saturated heterocycles. The Bertz CT molecular complexity index is 1080. The topological polar surface area (TPSA) is 72.2 Å². The maximum absolute atomic E-state index is 12.6. The first-order valence-corrected chi connectivity index (χ1v) is 10.3. The van der Waals surface area contributed by atoms with E-state index in [0.29, 0.717) is 6.54 Å². The average molecular weight is 406 g/mol. The van der Waals surface area contributed by atoms with Crippen LogP contribution in [0.3, 0.4) is 0 Å². The van der Waals surface area contributed by atoms with Crippen LogP contribution in [0, 0.1) is 6.92 Å². The van der Waals surface area contributed by atoms with Crippen LogP contribution in [0.5, 0.6) is 0 Å². The molecule has 0 atom stereocenters. The van der Waals surface area contributed by atoms with Crippen molar-refractivity contribution in [3.05, 3.63) is 76.5 Å². The normalized spacial score (nSPS) is 15.3. The molecule has 0 spiro atoms. The monoisotopic (exact) mass is 405 g/mol. The summed E-state index contributed by atoms with van der Waals surface area (Å²) in [6.45, 7) is 3.97. The number of piperidine rings is 1. The van der Waals surface area contributed by atoms with Gasteiger partial charge in [-0.2, -0.15) is 5.10 Å². The van der Waals surface area contributed by atoms with Crippen LogP contribution in [0.4, 0.5) is 5.69 Å². The molecule has 2 heterocycles. The summed E-state index contributed by atoms with van der Waals surface area (Å²) >= 11 is 0. The van der Waals surface area contributed by atoms with E-state index in [1.165, 1.54) is 4.68 Å². The second-order valence-electron chi connectivity index (χ2n) is 7.90. The van der Waals surface area contributed by atoms with Crippen LogP contribution >= 0.6 is 0 Å². The summed E-state index contributed by atoms with van der Waals surface area (Å²) in [6.07, 6.45) is 1.72. The Morgan fingerprint density at radius 3 is 2.53 bits per heavy atom. The molecule has 1 aliphatic heterocycles. The highest BCUT2D eigenvalue weighted by atomic mass is 16.2. The van der Waals surface area contributed by atoms with Crippen LogP contribution in [0.2, 0.25) is 0 Å². The van der Waals surface area contributed by atoms with Gasteiger partial charge in [0.05, 0.1) is 12.2 Å². The fourth-order valence-corrected chi connectivity index (χ4v) is 4.04. The molecule has 0 saturated carbocycles. The predicted octanol–water partition coefficient (Wildman–Crippen LogP) is 2.70. The van der Waals surface area contributed by atoms with Crippen LogP contribution < -0.4 is 11.0 Å². The van der Waals surface area contributed by atoms with Crippen molar-refractivity contribution in [1.29, 1.82) is 0 Å². The number of carbonyl (C=O) groups is 1. The number of aromatic nitrogens is 3. The summed E-state index contributed by atoms with van der Waals surface area (Å²) in [5, 5.41) is 7.50. The molecule has 30 heavy (non-hydrogen) atoms. The Hall–Kier alpha value is -3.19. The van der Waals surface area contributed by atoms with Crippen molar-refractivity contribution < 1.29 is 4.79 Å². The van der Waals surface area contributed by atoms with E-state index in [9.17, 15) is 9.59 Å². The number of aryl methyl sites for hydroxylation is 2. The molecule has 0 unspecified atom stereocenters. The van der Waals surface area contributed by atoms with Crippen LogP contribution in [0.15, 0.2) is 59.4 Å². The summed E-state index contributed by atoms with van der Waals surface area (Å²) in [5.74, 6) is 0.992. The van der Waals surface area contributed by atoms with E-state index in [4.69, 9.17) is 0 Å². The number of hydrogen-bond acceptors (Lipinski definition) is 4. The van der Waals surface area contributed by atoms with Gasteiger partial charge in [0, 0.05) is 18.7 Å². The SMILES string of the molecule is Cc1cccc(NC(=O)CN2CCC(c3nn(C)c(=O)n3-c3ccccc3)CC2)c1. The van der Waals surface area contributed by atoms with E-state index in [0.717, 1.165) is 48.7 Å². The van der Waals surface area contributed by atoms with Crippen LogP contribution in [0.1, 0.15) is 30.1 Å². The number of likely N-dealkylation sites (tertiary alicyclic amines) is 1. The quantitative estimate of drug-likeness (QED) is 0.708. The van der Waals surface area contributed by atoms with Crippen molar-refractivity contribution >= 4 is 11.6 Å². The highest BCUT2D eigenvalue weighted by molar-refractivity contribution is 5.92. The van der Waals surface area contributed by atoms with Crippen molar-refractivity contribution in [2.45, 2.75) is 25.7 Å². The Morgan fingerprint density at radius 2 is 1.83 bits per heavy atom. The maximum atomic E-state index is 12.6. The van der Waals surface area contributed by atoms with Gasteiger partial charge in [-0.05, 0) is 62.7 Å². The summed E-state index contributed by atoms with van der Waals surface area (Å²) in [6, 6.07) is 17.5. The fraction of sp³-hybridized carbons (Fsp3) is 0.348. The van der Waals surface area contributed by atoms with Crippen molar-refractivity contribution in [2.24, 2.45) is 7.05 Å². The number of nitrogens with one attached hydrogen (secondary N) is 1. The van der Waals surface area contributed by atoms with Crippen molar-refractivity contribution in [1.82, 2.24) is 19.2 Å². The third-order valence-electron chi connectivity index (χ3n) is 5.59. The van der Waals surface area contributed by atoms with Gasteiger partial charge in [0.15, 0.2) is 0 Å². The largest absolute Gasteiger partial charge is 0.350 e. The first-order chi connectivity index (χ1) is 14.5. The molecular weight excluding hydrogens is 378 g/mol. The first kappa shape index (κ1) is 20.1. The van der Waals surface area contributed by atoms with Crippen molar-refractivity contribution in [2.75, 3.05) is 25.0 Å². The molecule has 1 N–H and O–H groups in total. The number of para-hydroxylation sites is 1. The van der Waals surface area contributed by atoms with Gasteiger partial charge in [-0.1, -0.05) is 30.3 Å². The lowest BCUT2D eigenvalue weighted by atomic mass is 9.95. The molecule has 0 aliphatic carbocycles. The molecule has 3 aromatic rings. The Balaban J connectivity index is 1.40. The molecule has 0 bridgehead atoms. The van der Waals surface area contributed by atoms with Crippen LogP contribution in [-0.2, 0) is 11.8 Å².